The van der Waals surface area contributed by atoms with E-state index < -0.39 is 35.2 Å². The first-order valence-electron chi connectivity index (χ1n) is 11.7. The summed E-state index contributed by atoms with van der Waals surface area (Å²) in [4.78, 5) is 41.5. The number of nitrogens with one attached hydrogen (secondary N) is 1. The molecule has 8 nitrogen and oxygen atoms in total. The van der Waals surface area contributed by atoms with Gasteiger partial charge < -0.3 is 24.3 Å². The Bertz CT molecular complexity index is 1280. The van der Waals surface area contributed by atoms with Gasteiger partial charge in [0.25, 0.3) is 11.8 Å². The molecule has 2 aromatic rings. The second-order valence-electron chi connectivity index (χ2n) is 9.63. The highest BCUT2D eigenvalue weighted by Gasteiger charge is 2.53. The summed E-state index contributed by atoms with van der Waals surface area (Å²) in [5.41, 5.74) is -0.832. The van der Waals surface area contributed by atoms with Crippen molar-refractivity contribution in [2.75, 3.05) is 7.11 Å². The molecule has 2 fully saturated rings. The molecule has 5 rings (SSSR count). The number of halogens is 2. The molecule has 3 heterocycles. The fourth-order valence-corrected chi connectivity index (χ4v) is 5.65. The fourth-order valence-electron chi connectivity index (χ4n) is 5.65. The third-order valence-corrected chi connectivity index (χ3v) is 7.75. The Labute approximate surface area is 200 Å². The van der Waals surface area contributed by atoms with Crippen LogP contribution in [-0.2, 0) is 11.3 Å². The van der Waals surface area contributed by atoms with E-state index in [4.69, 9.17) is 9.47 Å². The highest BCUT2D eigenvalue weighted by molar-refractivity contribution is 5.99. The van der Waals surface area contributed by atoms with Gasteiger partial charge in [0.2, 0.25) is 5.43 Å². The normalized spacial score (nSPS) is 27.8. The van der Waals surface area contributed by atoms with Crippen molar-refractivity contribution in [1.29, 1.82) is 0 Å². The molecule has 1 saturated heterocycles. The number of aromatic nitrogens is 1. The fraction of sp³-hybridized carbons (Fsp3) is 0.480. The Kier molecular flexibility index (Phi) is 5.66. The van der Waals surface area contributed by atoms with E-state index in [0.29, 0.717) is 0 Å². The number of hydrogen-bond donors (Lipinski definition) is 1. The molecular formula is C25H27F2N3O5. The lowest BCUT2D eigenvalue weighted by Crippen LogP contribution is -2.58. The maximum absolute atomic E-state index is 14.2. The largest absolute Gasteiger partial charge is 0.491 e. The maximum atomic E-state index is 14.2. The molecule has 2 unspecified atom stereocenters. The van der Waals surface area contributed by atoms with Gasteiger partial charge in [-0.05, 0) is 31.2 Å². The summed E-state index contributed by atoms with van der Waals surface area (Å²) in [7, 11) is 1.28. The van der Waals surface area contributed by atoms with Crippen molar-refractivity contribution in [3.8, 4) is 5.75 Å². The number of pyridine rings is 1. The zero-order valence-corrected chi connectivity index (χ0v) is 19.9. The summed E-state index contributed by atoms with van der Waals surface area (Å²) in [6, 6.07) is 2.22. The molecule has 1 aromatic heterocycles. The van der Waals surface area contributed by atoms with Crippen LogP contribution in [0.4, 0.5) is 8.78 Å². The van der Waals surface area contributed by atoms with Crippen LogP contribution >= 0.6 is 0 Å². The minimum absolute atomic E-state index is 0.00392. The van der Waals surface area contributed by atoms with Crippen molar-refractivity contribution in [2.24, 2.45) is 11.8 Å². The van der Waals surface area contributed by atoms with Crippen LogP contribution in [0.25, 0.3) is 0 Å². The van der Waals surface area contributed by atoms with Crippen LogP contribution in [0.2, 0.25) is 0 Å². The number of amides is 2. The quantitative estimate of drug-likeness (QED) is 0.717. The zero-order valence-electron chi connectivity index (χ0n) is 19.9. The van der Waals surface area contributed by atoms with Gasteiger partial charge in [0.05, 0.1) is 25.8 Å². The lowest BCUT2D eigenvalue weighted by Gasteiger charge is -2.45. The SMILES string of the molecule is COc1c2n(cc(C(=O)N[C@H](C)c3ccc(F)cc3F)c1=O)C[C@@H]1OC3CC([C@@H](C)[C@H]3C)N1C2=O. The Morgan fingerprint density at radius 3 is 2.66 bits per heavy atom. The van der Waals surface area contributed by atoms with E-state index in [-0.39, 0.29) is 59.0 Å². The van der Waals surface area contributed by atoms with Gasteiger partial charge in [0.15, 0.2) is 17.7 Å². The van der Waals surface area contributed by atoms with Gasteiger partial charge in [0.1, 0.15) is 17.2 Å². The molecule has 3 aliphatic rings. The van der Waals surface area contributed by atoms with Gasteiger partial charge in [-0.15, -0.1) is 0 Å². The summed E-state index contributed by atoms with van der Waals surface area (Å²) < 4.78 is 40.5. The topological polar surface area (TPSA) is 89.9 Å². The van der Waals surface area contributed by atoms with Crippen LogP contribution in [0.15, 0.2) is 29.2 Å². The molecular weight excluding hydrogens is 460 g/mol. The molecule has 35 heavy (non-hydrogen) atoms. The molecule has 186 valence electrons. The molecule has 2 bridgehead atoms. The van der Waals surface area contributed by atoms with Crippen molar-refractivity contribution >= 4 is 11.8 Å². The number of rotatable bonds is 4. The Morgan fingerprint density at radius 1 is 1.23 bits per heavy atom. The molecule has 1 saturated carbocycles. The van der Waals surface area contributed by atoms with Crippen molar-refractivity contribution in [1.82, 2.24) is 14.8 Å². The van der Waals surface area contributed by atoms with Gasteiger partial charge in [-0.2, -0.15) is 0 Å². The average molecular weight is 488 g/mol. The molecule has 6 atom stereocenters. The van der Waals surface area contributed by atoms with Gasteiger partial charge >= 0.3 is 0 Å². The van der Waals surface area contributed by atoms with Gasteiger partial charge in [-0.3, -0.25) is 14.4 Å². The third-order valence-electron chi connectivity index (χ3n) is 7.75. The lowest BCUT2D eigenvalue weighted by molar-refractivity contribution is -0.138. The zero-order chi connectivity index (χ0) is 25.2. The monoisotopic (exact) mass is 487 g/mol. The first-order chi connectivity index (χ1) is 16.6. The van der Waals surface area contributed by atoms with E-state index in [9.17, 15) is 23.2 Å². The van der Waals surface area contributed by atoms with Crippen LogP contribution in [0.1, 0.15) is 59.6 Å². The van der Waals surface area contributed by atoms with Crippen molar-refractivity contribution in [2.45, 2.75) is 58.2 Å². The van der Waals surface area contributed by atoms with E-state index in [1.54, 1.807) is 4.90 Å². The third kappa shape index (κ3) is 3.62. The number of hydrogen-bond acceptors (Lipinski definition) is 5. The molecule has 1 aliphatic carbocycles. The smallest absolute Gasteiger partial charge is 0.276 e. The van der Waals surface area contributed by atoms with Crippen LogP contribution in [0.3, 0.4) is 0 Å². The molecule has 10 heteroatoms. The highest BCUT2D eigenvalue weighted by atomic mass is 19.1. The van der Waals surface area contributed by atoms with Crippen molar-refractivity contribution < 1.29 is 27.8 Å². The molecule has 1 N–H and O–H groups in total. The summed E-state index contributed by atoms with van der Waals surface area (Å²) in [6.07, 6.45) is 1.60. The molecule has 1 aromatic carbocycles. The van der Waals surface area contributed by atoms with E-state index in [2.05, 4.69) is 19.2 Å². The minimum atomic E-state index is -0.841. The Balaban J connectivity index is 1.49. The van der Waals surface area contributed by atoms with Gasteiger partial charge in [-0.25, -0.2) is 8.78 Å². The first-order valence-corrected chi connectivity index (χ1v) is 11.7. The number of benzene rings is 1. The predicted octanol–water partition coefficient (Wildman–Crippen LogP) is 2.85. The Morgan fingerprint density at radius 2 is 1.97 bits per heavy atom. The minimum Gasteiger partial charge on any atom is -0.491 e. The number of nitrogens with zero attached hydrogens (tertiary/aromatic N) is 2. The average Bonchev–Trinajstić information content (AvgIpc) is 3.02. The van der Waals surface area contributed by atoms with E-state index in [0.717, 1.165) is 18.6 Å². The van der Waals surface area contributed by atoms with Crippen LogP contribution in [0, 0.1) is 23.5 Å². The van der Waals surface area contributed by atoms with E-state index in [1.807, 2.05) is 0 Å². The summed E-state index contributed by atoms with van der Waals surface area (Å²) in [6.45, 7) is 5.98. The number of methoxy groups -OCH3 is 1. The second kappa shape index (κ2) is 8.44. The van der Waals surface area contributed by atoms with Crippen LogP contribution < -0.4 is 15.5 Å². The summed E-state index contributed by atoms with van der Waals surface area (Å²) in [5.74, 6) is -2.36. The predicted molar refractivity (Wildman–Crippen MR) is 121 cm³/mol. The molecule has 0 spiro atoms. The van der Waals surface area contributed by atoms with E-state index in [1.165, 1.54) is 30.9 Å². The molecule has 2 amide bonds. The van der Waals surface area contributed by atoms with Crippen molar-refractivity contribution in [3.63, 3.8) is 0 Å². The Hall–Kier alpha value is -3.27. The molecule has 2 aliphatic heterocycles. The lowest BCUT2D eigenvalue weighted by atomic mass is 9.96. The highest BCUT2D eigenvalue weighted by Crippen LogP contribution is 2.45. The van der Waals surface area contributed by atoms with Crippen LogP contribution in [0.5, 0.6) is 5.75 Å². The number of fused-ring (bicyclic) bond motifs is 5. The number of carbonyl (C=O) groups excluding carboxylic acids is 2. The summed E-state index contributed by atoms with van der Waals surface area (Å²) in [5, 5.41) is 2.58. The van der Waals surface area contributed by atoms with Gasteiger partial charge in [0, 0.05) is 23.9 Å². The van der Waals surface area contributed by atoms with Crippen LogP contribution in [-0.4, -0.2) is 46.8 Å². The van der Waals surface area contributed by atoms with Gasteiger partial charge in [-0.1, -0.05) is 19.9 Å². The molecule has 0 radical (unpaired) electrons. The van der Waals surface area contributed by atoms with E-state index >= 15 is 0 Å². The number of ether oxygens (including phenoxy) is 2. The summed E-state index contributed by atoms with van der Waals surface area (Å²) >= 11 is 0. The maximum Gasteiger partial charge on any atom is 0.276 e. The standard InChI is InChI=1S/C25H27F2N3O5/c1-11-12(2)19-8-18(11)30-20(35-19)10-29-9-16(22(31)23(34-4)21(29)25(30)33)24(32)28-13(3)15-6-5-14(26)7-17(15)27/h5-7,9,11-13,18-20H,8,10H2,1-4H3,(H,28,32)/t11-,12+,13+,18?,19?,20-/m0/s1. The van der Waals surface area contributed by atoms with Crippen molar-refractivity contribution in [3.05, 3.63) is 63.1 Å². The number of carbonyl (C=O) groups is 2. The first kappa shape index (κ1) is 23.5. The second-order valence-corrected chi connectivity index (χ2v) is 9.63.